The molecule has 1 aliphatic carbocycles. The third-order valence-corrected chi connectivity index (χ3v) is 7.00. The fourth-order valence-electron chi connectivity index (χ4n) is 3.07. The lowest BCUT2D eigenvalue weighted by Gasteiger charge is -2.38. The molecule has 0 N–H and O–H groups in total. The maximum atomic E-state index is 12.1. The summed E-state index contributed by atoms with van der Waals surface area (Å²) in [4.78, 5) is 24.4. The van der Waals surface area contributed by atoms with E-state index in [0.717, 1.165) is 0 Å². The number of carbonyl (C=O) groups is 2. The standard InChI is InChI=1S/C9H11NO5S/c1-8-4-9(8,7(12)15-2)10-5(11)3-6(10)16(8,13)14/h6H,3-4H2,1-2H3/t6-,8+,9+/m1/s1. The van der Waals surface area contributed by atoms with Gasteiger partial charge < -0.3 is 9.64 Å². The van der Waals surface area contributed by atoms with Crippen LogP contribution in [0.2, 0.25) is 0 Å². The van der Waals surface area contributed by atoms with Crippen LogP contribution in [0.25, 0.3) is 0 Å². The third-order valence-electron chi connectivity index (χ3n) is 4.17. The summed E-state index contributed by atoms with van der Waals surface area (Å²) in [5, 5.41) is -0.808. The highest BCUT2D eigenvalue weighted by Crippen LogP contribution is 2.68. The average molecular weight is 245 g/mol. The lowest BCUT2D eigenvalue weighted by molar-refractivity contribution is -0.161. The molecule has 3 aliphatic rings. The van der Waals surface area contributed by atoms with E-state index in [1.165, 1.54) is 18.9 Å². The number of β-lactam (4-membered cyclic amide) rings is 1. The van der Waals surface area contributed by atoms with Gasteiger partial charge in [0.15, 0.2) is 15.4 Å². The molecule has 1 saturated carbocycles. The SMILES string of the molecule is COC(=O)[C@@]12C[C@]1(C)S(=O)(=O)[C@@H]1CC(=O)N12. The number of fused-ring (bicyclic) bond motifs is 3. The number of hydrogen-bond donors (Lipinski definition) is 0. The summed E-state index contributed by atoms with van der Waals surface area (Å²) in [5.41, 5.74) is -1.24. The van der Waals surface area contributed by atoms with Gasteiger partial charge in [0.2, 0.25) is 5.91 Å². The van der Waals surface area contributed by atoms with Crippen molar-refractivity contribution in [3.05, 3.63) is 0 Å². The molecule has 2 aliphatic heterocycles. The fourth-order valence-corrected chi connectivity index (χ4v) is 5.67. The van der Waals surface area contributed by atoms with E-state index in [0.29, 0.717) is 0 Å². The van der Waals surface area contributed by atoms with Crippen molar-refractivity contribution in [2.75, 3.05) is 7.11 Å². The Morgan fingerprint density at radius 3 is 2.69 bits per heavy atom. The van der Waals surface area contributed by atoms with Crippen LogP contribution in [-0.4, -0.2) is 48.0 Å². The van der Waals surface area contributed by atoms with Crippen molar-refractivity contribution in [3.8, 4) is 0 Å². The van der Waals surface area contributed by atoms with Crippen LogP contribution in [0.3, 0.4) is 0 Å². The van der Waals surface area contributed by atoms with Crippen molar-refractivity contribution in [2.24, 2.45) is 0 Å². The van der Waals surface area contributed by atoms with Gasteiger partial charge in [0, 0.05) is 6.42 Å². The number of ether oxygens (including phenoxy) is 1. The number of amides is 1. The van der Waals surface area contributed by atoms with Crippen molar-refractivity contribution < 1.29 is 22.7 Å². The minimum atomic E-state index is -3.43. The van der Waals surface area contributed by atoms with Gasteiger partial charge in [-0.15, -0.1) is 0 Å². The van der Waals surface area contributed by atoms with E-state index >= 15 is 0 Å². The Morgan fingerprint density at radius 2 is 2.19 bits per heavy atom. The molecule has 7 heteroatoms. The van der Waals surface area contributed by atoms with E-state index in [-0.39, 0.29) is 18.7 Å². The van der Waals surface area contributed by atoms with E-state index < -0.39 is 31.5 Å². The van der Waals surface area contributed by atoms with Gasteiger partial charge >= 0.3 is 5.97 Å². The molecule has 88 valence electrons. The maximum absolute atomic E-state index is 12.1. The van der Waals surface area contributed by atoms with Gasteiger partial charge in [0.25, 0.3) is 0 Å². The van der Waals surface area contributed by atoms with E-state index in [9.17, 15) is 18.0 Å². The second kappa shape index (κ2) is 2.27. The molecular formula is C9H11NO5S. The molecule has 3 rings (SSSR count). The zero-order valence-electron chi connectivity index (χ0n) is 8.89. The molecule has 16 heavy (non-hydrogen) atoms. The summed E-state index contributed by atoms with van der Waals surface area (Å²) in [6.07, 6.45) is 0.161. The average Bonchev–Trinajstić information content (AvgIpc) is 2.79. The van der Waals surface area contributed by atoms with Crippen LogP contribution in [0.1, 0.15) is 19.8 Å². The zero-order chi connectivity index (χ0) is 11.9. The van der Waals surface area contributed by atoms with E-state index in [4.69, 9.17) is 0 Å². The highest BCUT2D eigenvalue weighted by atomic mass is 32.2. The van der Waals surface area contributed by atoms with E-state index in [1.54, 1.807) is 0 Å². The first-order chi connectivity index (χ1) is 7.33. The van der Waals surface area contributed by atoms with Crippen molar-refractivity contribution in [2.45, 2.75) is 35.4 Å². The first-order valence-corrected chi connectivity index (χ1v) is 6.51. The van der Waals surface area contributed by atoms with Gasteiger partial charge in [-0.05, 0) is 6.92 Å². The minimum Gasteiger partial charge on any atom is -0.467 e. The summed E-state index contributed by atoms with van der Waals surface area (Å²) < 4.78 is 27.7. The molecule has 3 atom stereocenters. The van der Waals surface area contributed by atoms with Gasteiger partial charge in [0.1, 0.15) is 10.1 Å². The molecule has 0 spiro atoms. The molecule has 2 saturated heterocycles. The van der Waals surface area contributed by atoms with E-state index in [2.05, 4.69) is 4.74 Å². The summed E-state index contributed by atoms with van der Waals surface area (Å²) in [6.45, 7) is 1.52. The monoisotopic (exact) mass is 245 g/mol. The number of sulfone groups is 1. The molecule has 6 nitrogen and oxygen atoms in total. The Bertz CT molecular complexity index is 526. The minimum absolute atomic E-state index is 0.00331. The van der Waals surface area contributed by atoms with Gasteiger partial charge in [-0.3, -0.25) is 4.79 Å². The molecule has 0 aromatic heterocycles. The first-order valence-electron chi connectivity index (χ1n) is 4.97. The number of rotatable bonds is 1. The summed E-state index contributed by atoms with van der Waals surface area (Å²) in [5.74, 6) is -0.894. The Balaban J connectivity index is 2.18. The van der Waals surface area contributed by atoms with Crippen LogP contribution in [0.4, 0.5) is 0 Å². The summed E-state index contributed by atoms with van der Waals surface area (Å²) in [7, 11) is -2.23. The predicted molar refractivity (Wildman–Crippen MR) is 51.9 cm³/mol. The van der Waals surface area contributed by atoms with E-state index in [1.807, 2.05) is 0 Å². The lowest BCUT2D eigenvalue weighted by atomic mass is 10.1. The molecule has 0 radical (unpaired) electrons. The highest BCUT2D eigenvalue weighted by molar-refractivity contribution is 7.94. The maximum Gasteiger partial charge on any atom is 0.333 e. The van der Waals surface area contributed by atoms with Crippen molar-refractivity contribution >= 4 is 21.7 Å². The Kier molecular flexibility index (Phi) is 1.43. The second-order valence-corrected chi connectivity index (χ2v) is 7.26. The van der Waals surface area contributed by atoms with Crippen LogP contribution in [0.15, 0.2) is 0 Å². The first kappa shape index (κ1) is 10.1. The number of carbonyl (C=O) groups excluding carboxylic acids is 2. The quantitative estimate of drug-likeness (QED) is 0.439. The van der Waals surface area contributed by atoms with Crippen LogP contribution >= 0.6 is 0 Å². The number of hydrogen-bond acceptors (Lipinski definition) is 5. The normalized spacial score (nSPS) is 46.8. The van der Waals surface area contributed by atoms with Gasteiger partial charge in [0.05, 0.1) is 13.5 Å². The largest absolute Gasteiger partial charge is 0.467 e. The van der Waals surface area contributed by atoms with Crippen molar-refractivity contribution in [1.29, 1.82) is 0 Å². The molecule has 0 aromatic rings. The van der Waals surface area contributed by atoms with Gasteiger partial charge in [-0.25, -0.2) is 13.2 Å². The number of esters is 1. The molecule has 0 aromatic carbocycles. The van der Waals surface area contributed by atoms with Crippen LogP contribution in [0.5, 0.6) is 0 Å². The second-order valence-electron chi connectivity index (χ2n) is 4.73. The smallest absolute Gasteiger partial charge is 0.333 e. The molecule has 3 fully saturated rings. The van der Waals surface area contributed by atoms with Crippen molar-refractivity contribution in [3.63, 3.8) is 0 Å². The van der Waals surface area contributed by atoms with Crippen LogP contribution < -0.4 is 0 Å². The third kappa shape index (κ3) is 0.651. The highest BCUT2D eigenvalue weighted by Gasteiger charge is 2.90. The zero-order valence-corrected chi connectivity index (χ0v) is 9.70. The van der Waals surface area contributed by atoms with Gasteiger partial charge in [-0.2, -0.15) is 0 Å². The van der Waals surface area contributed by atoms with Crippen LogP contribution in [0, 0.1) is 0 Å². The summed E-state index contributed by atoms with van der Waals surface area (Å²) in [6, 6.07) is 0. The molecule has 0 bridgehead atoms. The number of methoxy groups -OCH3 is 1. The Labute approximate surface area is 92.5 Å². The predicted octanol–water partition coefficient (Wildman–Crippen LogP) is -0.953. The van der Waals surface area contributed by atoms with Gasteiger partial charge in [-0.1, -0.05) is 0 Å². The molecule has 1 amide bonds. The topological polar surface area (TPSA) is 80.8 Å². The lowest BCUT2D eigenvalue weighted by Crippen LogP contribution is -2.59. The molecular weight excluding hydrogens is 234 g/mol. The molecule has 2 heterocycles. The Hall–Kier alpha value is -1.11. The fraction of sp³-hybridized carbons (Fsp3) is 0.778. The number of nitrogens with zero attached hydrogens (tertiary/aromatic N) is 1. The van der Waals surface area contributed by atoms with Crippen LogP contribution in [-0.2, 0) is 24.2 Å². The summed E-state index contributed by atoms with van der Waals surface area (Å²) >= 11 is 0. The van der Waals surface area contributed by atoms with Crippen molar-refractivity contribution in [1.82, 2.24) is 4.90 Å². The Morgan fingerprint density at radius 1 is 1.56 bits per heavy atom. The molecule has 0 unspecified atom stereocenters.